The zero-order chi connectivity index (χ0) is 19.1. The summed E-state index contributed by atoms with van der Waals surface area (Å²) in [4.78, 5) is 24.1. The Balaban J connectivity index is 1.83. The van der Waals surface area contributed by atoms with Crippen LogP contribution in [0.4, 0.5) is 4.39 Å². The van der Waals surface area contributed by atoms with Gasteiger partial charge in [0.25, 0.3) is 11.8 Å². The van der Waals surface area contributed by atoms with Gasteiger partial charge in [-0.2, -0.15) is 0 Å². The first-order chi connectivity index (χ1) is 12.3. The molecule has 1 atom stereocenters. The second-order valence-electron chi connectivity index (χ2n) is 6.45. The Morgan fingerprint density at radius 1 is 0.962 bits per heavy atom. The molecule has 0 spiro atoms. The summed E-state index contributed by atoms with van der Waals surface area (Å²) in [6.07, 6.45) is 0.0887. The average molecular weight is 358 g/mol. The minimum Gasteiger partial charge on any atom is -0.481 e. The van der Waals surface area contributed by atoms with Gasteiger partial charge in [-0.1, -0.05) is 26.0 Å². The molecule has 2 rings (SSSR count). The predicted molar refractivity (Wildman–Crippen MR) is 97.1 cm³/mol. The first-order valence-corrected chi connectivity index (χ1v) is 8.46. The number of rotatable bonds is 6. The number of benzene rings is 2. The number of hydrogen-bond donors (Lipinski definition) is 2. The fourth-order valence-electron chi connectivity index (χ4n) is 2.33. The van der Waals surface area contributed by atoms with E-state index in [-0.39, 0.29) is 5.82 Å². The van der Waals surface area contributed by atoms with Crippen LogP contribution in [0.5, 0.6) is 5.75 Å². The van der Waals surface area contributed by atoms with Crippen LogP contribution in [0, 0.1) is 11.7 Å². The van der Waals surface area contributed by atoms with Gasteiger partial charge in [0.2, 0.25) is 0 Å². The summed E-state index contributed by atoms with van der Waals surface area (Å²) in [6.45, 7) is 5.79. The van der Waals surface area contributed by atoms with Crippen molar-refractivity contribution in [1.82, 2.24) is 10.9 Å². The maximum atomic E-state index is 12.9. The number of carbonyl (C=O) groups is 2. The van der Waals surface area contributed by atoms with Gasteiger partial charge in [-0.05, 0) is 61.2 Å². The summed E-state index contributed by atoms with van der Waals surface area (Å²) in [5, 5.41) is 0. The van der Waals surface area contributed by atoms with Crippen LogP contribution in [0.25, 0.3) is 0 Å². The molecule has 6 heteroatoms. The van der Waals surface area contributed by atoms with Crippen molar-refractivity contribution in [3.05, 3.63) is 65.5 Å². The first kappa shape index (κ1) is 19.4. The number of ether oxygens (including phenoxy) is 1. The molecule has 138 valence electrons. The number of amides is 2. The maximum Gasteiger partial charge on any atom is 0.279 e. The number of carbonyl (C=O) groups excluding carboxylic acids is 2. The van der Waals surface area contributed by atoms with Crippen LogP contribution in [0.1, 0.15) is 36.7 Å². The van der Waals surface area contributed by atoms with Gasteiger partial charge in [0.15, 0.2) is 6.10 Å². The van der Waals surface area contributed by atoms with E-state index < -0.39 is 17.9 Å². The second kappa shape index (κ2) is 8.99. The molecule has 0 radical (unpaired) electrons. The Morgan fingerprint density at radius 3 is 2.15 bits per heavy atom. The number of halogens is 1. The molecule has 0 saturated carbocycles. The lowest BCUT2D eigenvalue weighted by Crippen LogP contribution is -2.47. The fourth-order valence-corrected chi connectivity index (χ4v) is 2.33. The van der Waals surface area contributed by atoms with Crippen molar-refractivity contribution < 1.29 is 18.7 Å². The van der Waals surface area contributed by atoms with Gasteiger partial charge in [-0.25, -0.2) is 4.39 Å². The molecule has 0 saturated heterocycles. The topological polar surface area (TPSA) is 67.4 Å². The van der Waals surface area contributed by atoms with Gasteiger partial charge < -0.3 is 4.74 Å². The molecule has 0 unspecified atom stereocenters. The van der Waals surface area contributed by atoms with Crippen LogP contribution in [0.2, 0.25) is 0 Å². The molecule has 0 aliphatic rings. The highest BCUT2D eigenvalue weighted by Gasteiger charge is 2.16. The molecule has 0 aromatic heterocycles. The van der Waals surface area contributed by atoms with Crippen LogP contribution in [0.15, 0.2) is 48.5 Å². The van der Waals surface area contributed by atoms with E-state index >= 15 is 0 Å². The Hall–Kier alpha value is -2.89. The molecule has 0 aliphatic carbocycles. The third-order valence-electron chi connectivity index (χ3n) is 3.66. The summed E-state index contributed by atoms with van der Waals surface area (Å²) in [5.74, 6) is -0.415. The summed E-state index contributed by atoms with van der Waals surface area (Å²) in [5.41, 5.74) is 6.28. The van der Waals surface area contributed by atoms with Crippen molar-refractivity contribution in [3.63, 3.8) is 0 Å². The standard InChI is InChI=1S/C20H23FN2O3/c1-13(2)12-15-4-6-16(7-5-15)20(25)23-22-19(24)14(3)26-18-10-8-17(21)9-11-18/h4-11,13-14H,12H2,1-3H3,(H,22,24)(H,23,25)/t14-/m1/s1. The molecule has 2 aromatic rings. The summed E-state index contributed by atoms with van der Waals surface area (Å²) in [7, 11) is 0. The maximum absolute atomic E-state index is 12.9. The van der Waals surface area contributed by atoms with E-state index in [4.69, 9.17) is 4.74 Å². The highest BCUT2D eigenvalue weighted by molar-refractivity contribution is 5.95. The van der Waals surface area contributed by atoms with E-state index in [1.165, 1.54) is 31.2 Å². The minimum absolute atomic E-state index is 0.362. The van der Waals surface area contributed by atoms with Crippen molar-refractivity contribution in [2.45, 2.75) is 33.3 Å². The van der Waals surface area contributed by atoms with Crippen LogP contribution >= 0.6 is 0 Å². The molecule has 2 amide bonds. The van der Waals surface area contributed by atoms with Gasteiger partial charge >= 0.3 is 0 Å². The summed E-state index contributed by atoms with van der Waals surface area (Å²) >= 11 is 0. The summed E-state index contributed by atoms with van der Waals surface area (Å²) in [6, 6.07) is 12.6. The summed E-state index contributed by atoms with van der Waals surface area (Å²) < 4.78 is 18.2. The van der Waals surface area contributed by atoms with Crippen LogP contribution in [-0.2, 0) is 11.2 Å². The van der Waals surface area contributed by atoms with Gasteiger partial charge in [0, 0.05) is 5.56 Å². The molecule has 2 N–H and O–H groups in total. The molecule has 0 fully saturated rings. The lowest BCUT2D eigenvalue weighted by atomic mass is 10.0. The normalized spacial score (nSPS) is 11.7. The molecular weight excluding hydrogens is 335 g/mol. The number of nitrogens with one attached hydrogen (secondary N) is 2. The monoisotopic (exact) mass is 358 g/mol. The van der Waals surface area contributed by atoms with Crippen molar-refractivity contribution >= 4 is 11.8 Å². The van der Waals surface area contributed by atoms with Gasteiger partial charge in [-0.3, -0.25) is 20.4 Å². The van der Waals surface area contributed by atoms with Gasteiger partial charge in [0.05, 0.1) is 0 Å². The van der Waals surface area contributed by atoms with E-state index in [1.54, 1.807) is 12.1 Å². The molecule has 5 nitrogen and oxygen atoms in total. The smallest absolute Gasteiger partial charge is 0.279 e. The lowest BCUT2D eigenvalue weighted by Gasteiger charge is -2.15. The van der Waals surface area contributed by atoms with E-state index in [0.29, 0.717) is 17.2 Å². The van der Waals surface area contributed by atoms with Crippen molar-refractivity contribution in [1.29, 1.82) is 0 Å². The molecule has 0 aliphatic heterocycles. The van der Waals surface area contributed by atoms with E-state index in [2.05, 4.69) is 24.7 Å². The Bertz CT molecular complexity index is 743. The van der Waals surface area contributed by atoms with Crippen LogP contribution in [0.3, 0.4) is 0 Å². The van der Waals surface area contributed by atoms with Gasteiger partial charge in [0.1, 0.15) is 11.6 Å². The van der Waals surface area contributed by atoms with Crippen LogP contribution < -0.4 is 15.6 Å². The van der Waals surface area contributed by atoms with E-state index in [9.17, 15) is 14.0 Å². The highest BCUT2D eigenvalue weighted by atomic mass is 19.1. The Morgan fingerprint density at radius 2 is 1.58 bits per heavy atom. The van der Waals surface area contributed by atoms with Crippen molar-refractivity contribution in [2.24, 2.45) is 5.92 Å². The van der Waals surface area contributed by atoms with Crippen molar-refractivity contribution in [2.75, 3.05) is 0 Å². The molecule has 0 heterocycles. The predicted octanol–water partition coefficient (Wildman–Crippen LogP) is 3.25. The SMILES string of the molecule is CC(C)Cc1ccc(C(=O)NNC(=O)[C@@H](C)Oc2ccc(F)cc2)cc1. The van der Waals surface area contributed by atoms with Crippen LogP contribution in [-0.4, -0.2) is 17.9 Å². The zero-order valence-electron chi connectivity index (χ0n) is 15.1. The lowest BCUT2D eigenvalue weighted by molar-refractivity contribution is -0.128. The molecule has 26 heavy (non-hydrogen) atoms. The van der Waals surface area contributed by atoms with E-state index in [1.807, 2.05) is 12.1 Å². The Kier molecular flexibility index (Phi) is 6.72. The largest absolute Gasteiger partial charge is 0.481 e. The number of hydrogen-bond acceptors (Lipinski definition) is 3. The fraction of sp³-hybridized carbons (Fsp3) is 0.300. The third-order valence-corrected chi connectivity index (χ3v) is 3.66. The quantitative estimate of drug-likeness (QED) is 0.779. The highest BCUT2D eigenvalue weighted by Crippen LogP contribution is 2.13. The Labute approximate surface area is 152 Å². The average Bonchev–Trinajstić information content (AvgIpc) is 2.61. The van der Waals surface area contributed by atoms with Crippen molar-refractivity contribution in [3.8, 4) is 5.75 Å². The number of hydrazine groups is 1. The van der Waals surface area contributed by atoms with Gasteiger partial charge in [-0.15, -0.1) is 0 Å². The zero-order valence-corrected chi connectivity index (χ0v) is 15.1. The third kappa shape index (κ3) is 5.88. The second-order valence-corrected chi connectivity index (χ2v) is 6.45. The molecule has 0 bridgehead atoms. The first-order valence-electron chi connectivity index (χ1n) is 8.46. The minimum atomic E-state index is -0.853. The molecule has 2 aromatic carbocycles. The molecular formula is C20H23FN2O3. The van der Waals surface area contributed by atoms with E-state index in [0.717, 1.165) is 12.0 Å².